The number of nitrogens with two attached hydrogens (primary N) is 2. The van der Waals surface area contributed by atoms with Crippen LogP contribution < -0.4 is 23.0 Å². The highest BCUT2D eigenvalue weighted by molar-refractivity contribution is 9.10. The molecule has 0 amide bonds. The molecule has 0 atom stereocenters. The number of nitrogen functional groups attached to an aromatic ring is 2. The molecule has 358 valence electrons. The van der Waals surface area contributed by atoms with Crippen molar-refractivity contribution in [2.75, 3.05) is 11.5 Å². The minimum atomic E-state index is -0.503. The normalized spacial score (nSPS) is 18.1. The highest BCUT2D eigenvalue weighted by atomic mass is 79.9. The third-order valence-corrected chi connectivity index (χ3v) is 14.7. The number of nitrogens with zero attached hydrogens (tertiary/aromatic N) is 10. The standard InChI is InChI=1S/C26H24BrN7O2.C26H25N7O2/c27-22-23(17-8-6-15(7-9-17)12-21-32-33-26(35)36-21)31-25-19(14-30-34(25)24(22)28)18-10-11-20(29-13-18)16-4-2-1-3-5-16;27-23-13-22(18-8-6-16(7-9-18)12-24-31-32-26(34)35-24)30-25-20(15-29-33(23)25)19-10-11-21(28-14-19)17-4-2-1-3-5-17/h1-5,10-11,13-15,17H,6-9,12,28H2,(H,33,35);1-5,10-11,13-16,18H,6-9,12,27H2,(H,32,34). The number of hydrogen-bond acceptors (Lipinski definition) is 14. The van der Waals surface area contributed by atoms with Crippen molar-refractivity contribution in [2.24, 2.45) is 11.8 Å². The number of hydrogen-bond donors (Lipinski definition) is 4. The second kappa shape index (κ2) is 19.7. The van der Waals surface area contributed by atoms with Crippen LogP contribution in [0.5, 0.6) is 0 Å². The van der Waals surface area contributed by atoms with E-state index in [0.29, 0.717) is 54.0 Å². The number of H-pyrrole nitrogens is 2. The van der Waals surface area contributed by atoms with Crippen LogP contribution in [0.15, 0.2) is 139 Å². The van der Waals surface area contributed by atoms with Gasteiger partial charge < -0.3 is 20.3 Å². The van der Waals surface area contributed by atoms with Crippen LogP contribution in [0, 0.1) is 11.8 Å². The molecule has 0 unspecified atom stereocenters. The Labute approximate surface area is 414 Å². The Morgan fingerprint density at radius 2 is 1.07 bits per heavy atom. The summed E-state index contributed by atoms with van der Waals surface area (Å²) >= 11 is 3.68. The van der Waals surface area contributed by atoms with Crippen LogP contribution in [0.4, 0.5) is 11.6 Å². The second-order valence-corrected chi connectivity index (χ2v) is 19.1. The van der Waals surface area contributed by atoms with Crippen molar-refractivity contribution < 1.29 is 8.83 Å². The van der Waals surface area contributed by atoms with Crippen molar-refractivity contribution in [1.29, 1.82) is 0 Å². The van der Waals surface area contributed by atoms with E-state index in [4.69, 9.17) is 30.3 Å². The summed E-state index contributed by atoms with van der Waals surface area (Å²) in [4.78, 5) is 41.8. The molecule has 71 heavy (non-hydrogen) atoms. The maximum atomic E-state index is 11.2. The molecule has 0 bridgehead atoms. The van der Waals surface area contributed by atoms with Crippen LogP contribution in [0.3, 0.4) is 0 Å². The highest BCUT2D eigenvalue weighted by Gasteiger charge is 2.29. The van der Waals surface area contributed by atoms with Crippen LogP contribution in [-0.4, -0.2) is 59.6 Å². The van der Waals surface area contributed by atoms with E-state index in [9.17, 15) is 9.59 Å². The molecule has 8 heterocycles. The Kier molecular flexibility index (Phi) is 12.6. The summed E-state index contributed by atoms with van der Waals surface area (Å²) in [5, 5.41) is 21.5. The summed E-state index contributed by atoms with van der Waals surface area (Å²) in [7, 11) is 0. The minimum absolute atomic E-state index is 0.274. The van der Waals surface area contributed by atoms with E-state index in [2.05, 4.69) is 62.6 Å². The molecular formula is C52H49BrN14O4. The van der Waals surface area contributed by atoms with Crippen LogP contribution in [0.1, 0.15) is 86.4 Å². The molecule has 2 fully saturated rings. The monoisotopic (exact) mass is 1010 g/mol. The first-order chi connectivity index (χ1) is 34.7. The van der Waals surface area contributed by atoms with Crippen molar-refractivity contribution in [3.8, 4) is 44.8 Å². The molecule has 2 saturated carbocycles. The first kappa shape index (κ1) is 45.4. The van der Waals surface area contributed by atoms with Gasteiger partial charge in [-0.2, -0.15) is 19.2 Å². The van der Waals surface area contributed by atoms with Gasteiger partial charge in [0.1, 0.15) is 11.6 Å². The Bertz CT molecular complexity index is 3550. The zero-order chi connectivity index (χ0) is 48.4. The lowest BCUT2D eigenvalue weighted by atomic mass is 9.79. The minimum Gasteiger partial charge on any atom is -0.392 e. The topological polar surface area (TPSA) is 256 Å². The number of halogens is 1. The average Bonchev–Trinajstić information content (AvgIpc) is 4.24. The number of pyridine rings is 2. The lowest BCUT2D eigenvalue weighted by molar-refractivity contribution is 0.299. The zero-order valence-electron chi connectivity index (χ0n) is 38.5. The predicted molar refractivity (Wildman–Crippen MR) is 271 cm³/mol. The van der Waals surface area contributed by atoms with Gasteiger partial charge >= 0.3 is 11.5 Å². The lowest BCUT2D eigenvalue weighted by Crippen LogP contribution is -2.18. The highest BCUT2D eigenvalue weighted by Crippen LogP contribution is 2.42. The number of aromatic nitrogens is 12. The predicted octanol–water partition coefficient (Wildman–Crippen LogP) is 9.23. The fraction of sp³-hybridized carbons (Fsp3) is 0.269. The van der Waals surface area contributed by atoms with E-state index < -0.39 is 11.5 Å². The summed E-state index contributed by atoms with van der Waals surface area (Å²) in [6.45, 7) is 0. The first-order valence-electron chi connectivity index (χ1n) is 23.8. The smallest absolute Gasteiger partial charge is 0.392 e. The van der Waals surface area contributed by atoms with E-state index in [0.717, 1.165) is 123 Å². The van der Waals surface area contributed by atoms with Crippen molar-refractivity contribution in [1.82, 2.24) is 59.6 Å². The molecule has 12 rings (SSSR count). The van der Waals surface area contributed by atoms with Gasteiger partial charge in [0.15, 0.2) is 11.3 Å². The van der Waals surface area contributed by atoms with Gasteiger partial charge in [-0.1, -0.05) is 72.8 Å². The summed E-state index contributed by atoms with van der Waals surface area (Å²) in [6, 6.07) is 30.3. The lowest BCUT2D eigenvalue weighted by Gasteiger charge is -2.28. The van der Waals surface area contributed by atoms with Gasteiger partial charge in [-0.05, 0) is 91.3 Å². The summed E-state index contributed by atoms with van der Waals surface area (Å²) in [5.74, 6) is 2.54. The van der Waals surface area contributed by atoms with Crippen molar-refractivity contribution in [3.05, 3.63) is 165 Å². The van der Waals surface area contributed by atoms with E-state index in [1.807, 2.05) is 97.3 Å². The van der Waals surface area contributed by atoms with Gasteiger partial charge in [0.05, 0.1) is 33.9 Å². The van der Waals surface area contributed by atoms with E-state index in [1.165, 1.54) is 0 Å². The van der Waals surface area contributed by atoms with Gasteiger partial charge in [-0.25, -0.2) is 29.8 Å². The van der Waals surface area contributed by atoms with Gasteiger partial charge in [-0.15, -0.1) is 10.2 Å². The second-order valence-electron chi connectivity index (χ2n) is 18.3. The Morgan fingerprint density at radius 3 is 1.55 bits per heavy atom. The molecule has 2 aliphatic rings. The van der Waals surface area contributed by atoms with E-state index in [1.54, 1.807) is 21.4 Å². The molecule has 0 radical (unpaired) electrons. The third kappa shape index (κ3) is 9.64. The maximum absolute atomic E-state index is 11.2. The summed E-state index contributed by atoms with van der Waals surface area (Å²) in [5.41, 5.74) is 24.0. The molecule has 0 spiro atoms. The van der Waals surface area contributed by atoms with Crippen LogP contribution in [-0.2, 0) is 12.8 Å². The SMILES string of the molecule is Nc1c(Br)c(C2CCC(Cc3n[nH]c(=O)o3)CC2)nc2c(-c3ccc(-c4ccccc4)nc3)cnn12.Nc1cc(C2CCC(Cc3n[nH]c(=O)o3)CC2)nc2c(-c3ccc(-c4ccccc4)nc3)cnn12. The number of rotatable bonds is 10. The molecule has 18 nitrogen and oxygen atoms in total. The third-order valence-electron chi connectivity index (χ3n) is 13.8. The number of anilines is 2. The molecule has 8 aromatic heterocycles. The molecule has 0 saturated heterocycles. The van der Waals surface area contributed by atoms with Crippen LogP contribution in [0.25, 0.3) is 56.1 Å². The Morgan fingerprint density at radius 1 is 0.577 bits per heavy atom. The maximum Gasteiger partial charge on any atom is 0.434 e. The van der Waals surface area contributed by atoms with Gasteiger partial charge in [0.25, 0.3) is 0 Å². The molecule has 2 aliphatic carbocycles. The number of benzene rings is 2. The largest absolute Gasteiger partial charge is 0.434 e. The number of nitrogens with one attached hydrogen (secondary N) is 2. The van der Waals surface area contributed by atoms with Crippen LogP contribution in [0.2, 0.25) is 0 Å². The molecule has 19 heteroatoms. The van der Waals surface area contributed by atoms with Crippen LogP contribution >= 0.6 is 15.9 Å². The first-order valence-corrected chi connectivity index (χ1v) is 24.6. The quantitative estimate of drug-likeness (QED) is 0.0996. The van der Waals surface area contributed by atoms with Crippen molar-refractivity contribution >= 4 is 38.9 Å². The van der Waals surface area contributed by atoms with Gasteiger partial charge in [0, 0.05) is 82.2 Å². The molecule has 10 aromatic rings. The number of aromatic amines is 2. The summed E-state index contributed by atoms with van der Waals surface area (Å²) in [6.07, 6.45) is 16.6. The molecule has 0 aliphatic heterocycles. The Balaban J connectivity index is 0.000000154. The average molecular weight is 1010 g/mol. The summed E-state index contributed by atoms with van der Waals surface area (Å²) < 4.78 is 14.3. The van der Waals surface area contributed by atoms with Gasteiger partial charge in [0.2, 0.25) is 11.8 Å². The molecule has 6 N–H and O–H groups in total. The van der Waals surface area contributed by atoms with E-state index in [-0.39, 0.29) is 5.92 Å². The number of fused-ring (bicyclic) bond motifs is 2. The van der Waals surface area contributed by atoms with Gasteiger partial charge in [-0.3, -0.25) is 9.97 Å². The molecular weight excluding hydrogens is 965 g/mol. The van der Waals surface area contributed by atoms with Crippen molar-refractivity contribution in [2.45, 2.75) is 76.0 Å². The fourth-order valence-corrected chi connectivity index (χ4v) is 10.6. The van der Waals surface area contributed by atoms with E-state index >= 15 is 0 Å². The zero-order valence-corrected chi connectivity index (χ0v) is 40.1. The van der Waals surface area contributed by atoms with Crippen molar-refractivity contribution in [3.63, 3.8) is 0 Å². The molecule has 2 aromatic carbocycles. The Hall–Kier alpha value is -8.06. The fourth-order valence-electron chi connectivity index (χ4n) is 10.1.